The number of carboxylic acid groups (broad SMARTS) is 1. The SMILES string of the molecule is Cl.N[C@@H](CS)C(=O)O.[NaH]. The Morgan fingerprint density at radius 2 is 2.11 bits per heavy atom. The summed E-state index contributed by atoms with van der Waals surface area (Å²) >= 11 is 3.65. The van der Waals surface area contributed by atoms with E-state index in [1.165, 1.54) is 0 Å². The summed E-state index contributed by atoms with van der Waals surface area (Å²) in [6.07, 6.45) is 0. The minimum atomic E-state index is -1.00. The van der Waals surface area contributed by atoms with Gasteiger partial charge >= 0.3 is 35.5 Å². The van der Waals surface area contributed by atoms with Crippen LogP contribution in [0.2, 0.25) is 0 Å². The van der Waals surface area contributed by atoms with Crippen molar-refractivity contribution in [2.45, 2.75) is 6.04 Å². The first kappa shape index (κ1) is 16.6. The molecule has 3 N–H and O–H groups in total. The van der Waals surface area contributed by atoms with Gasteiger partial charge in [0.05, 0.1) is 0 Å². The van der Waals surface area contributed by atoms with Crippen LogP contribution >= 0.6 is 25.0 Å². The van der Waals surface area contributed by atoms with E-state index >= 15 is 0 Å². The van der Waals surface area contributed by atoms with Crippen molar-refractivity contribution < 1.29 is 9.90 Å². The van der Waals surface area contributed by atoms with Gasteiger partial charge in [-0.05, 0) is 0 Å². The van der Waals surface area contributed by atoms with Crippen molar-refractivity contribution in [3.05, 3.63) is 0 Å². The molecule has 52 valence electrons. The van der Waals surface area contributed by atoms with Crippen molar-refractivity contribution in [1.82, 2.24) is 0 Å². The Kier molecular flexibility index (Phi) is 16.7. The Hall–Kier alpha value is 1.07. The van der Waals surface area contributed by atoms with Gasteiger partial charge in [-0.3, -0.25) is 4.79 Å². The van der Waals surface area contributed by atoms with E-state index in [9.17, 15) is 4.79 Å². The van der Waals surface area contributed by atoms with E-state index in [0.29, 0.717) is 0 Å². The first-order chi connectivity index (χ1) is 3.18. The van der Waals surface area contributed by atoms with Gasteiger partial charge in [0.1, 0.15) is 6.04 Å². The third-order valence-corrected chi connectivity index (χ3v) is 0.907. The van der Waals surface area contributed by atoms with Crippen molar-refractivity contribution in [3.63, 3.8) is 0 Å². The van der Waals surface area contributed by atoms with Gasteiger partial charge in [-0.1, -0.05) is 0 Å². The monoisotopic (exact) mass is 181 g/mol. The molecule has 0 aliphatic carbocycles. The maximum absolute atomic E-state index is 9.76. The molecule has 0 amide bonds. The summed E-state index contributed by atoms with van der Waals surface area (Å²) in [4.78, 5) is 9.76. The van der Waals surface area contributed by atoms with Gasteiger partial charge < -0.3 is 10.8 Å². The summed E-state index contributed by atoms with van der Waals surface area (Å²) in [6.45, 7) is 0. The standard InChI is InChI=1S/C3H7NO2S.ClH.Na.H/c4-2(1-7)3(5)6;;;/h2,7H,1,4H2,(H,5,6);1H;;/t2-;;;/m0.../s1. The summed E-state index contributed by atoms with van der Waals surface area (Å²) in [7, 11) is 0. The Balaban J connectivity index is -0.000000180. The fraction of sp³-hybridized carbons (Fsp3) is 0.667. The molecule has 0 aromatic heterocycles. The molecule has 0 aromatic carbocycles. The molecule has 3 nitrogen and oxygen atoms in total. The van der Waals surface area contributed by atoms with Crippen molar-refractivity contribution in [3.8, 4) is 0 Å². The Labute approximate surface area is 87.5 Å². The summed E-state index contributed by atoms with van der Waals surface area (Å²) in [5, 5.41) is 8.01. The predicted octanol–water partition coefficient (Wildman–Crippen LogP) is -0.899. The molecule has 0 radical (unpaired) electrons. The van der Waals surface area contributed by atoms with Gasteiger partial charge in [0.15, 0.2) is 0 Å². The number of nitrogens with two attached hydrogens (primary N) is 1. The zero-order chi connectivity index (χ0) is 5.86. The fourth-order valence-electron chi connectivity index (χ4n) is 0.0781. The molecule has 0 rings (SSSR count). The molecule has 0 unspecified atom stereocenters. The van der Waals surface area contributed by atoms with Crippen LogP contribution in [-0.4, -0.2) is 52.4 Å². The molecule has 1 atom stereocenters. The van der Waals surface area contributed by atoms with Crippen LogP contribution < -0.4 is 5.73 Å². The molecule has 0 fully saturated rings. The second-order valence-corrected chi connectivity index (χ2v) is 1.49. The molecule has 0 bridgehead atoms. The van der Waals surface area contributed by atoms with E-state index in [1.807, 2.05) is 0 Å². The van der Waals surface area contributed by atoms with Gasteiger partial charge in [0.2, 0.25) is 0 Å². The molecule has 0 heterocycles. The second-order valence-electron chi connectivity index (χ2n) is 1.13. The number of halogens is 1. The topological polar surface area (TPSA) is 63.3 Å². The Bertz CT molecular complexity index is 84.2. The van der Waals surface area contributed by atoms with Gasteiger partial charge in [0.25, 0.3) is 0 Å². The summed E-state index contributed by atoms with van der Waals surface area (Å²) in [5.74, 6) is -0.815. The number of aliphatic carboxylic acids is 1. The zero-order valence-corrected chi connectivity index (χ0v) is 5.78. The van der Waals surface area contributed by atoms with Crippen LogP contribution in [-0.2, 0) is 4.79 Å². The first-order valence-electron chi connectivity index (χ1n) is 1.77. The number of thiol groups is 1. The number of rotatable bonds is 2. The average molecular weight is 182 g/mol. The summed E-state index contributed by atoms with van der Waals surface area (Å²) in [5.41, 5.74) is 4.94. The number of hydrogen-bond donors (Lipinski definition) is 3. The minimum absolute atomic E-state index is 0. The Morgan fingerprint density at radius 3 is 2.11 bits per heavy atom. The fourth-order valence-corrected chi connectivity index (χ4v) is 0.234. The van der Waals surface area contributed by atoms with E-state index in [0.717, 1.165) is 0 Å². The van der Waals surface area contributed by atoms with Gasteiger partial charge in [-0.25, -0.2) is 0 Å². The van der Waals surface area contributed by atoms with Crippen molar-refractivity contribution >= 4 is 60.6 Å². The van der Waals surface area contributed by atoms with Gasteiger partial charge in [0, 0.05) is 5.75 Å². The van der Waals surface area contributed by atoms with E-state index in [-0.39, 0.29) is 47.7 Å². The molecular formula is C3H9ClNNaO2S. The van der Waals surface area contributed by atoms with E-state index in [4.69, 9.17) is 10.8 Å². The molecule has 0 spiro atoms. The molecule has 0 saturated carbocycles. The molecule has 0 aromatic rings. The summed E-state index contributed by atoms with van der Waals surface area (Å²) < 4.78 is 0. The third-order valence-electron chi connectivity index (χ3n) is 0.514. The van der Waals surface area contributed by atoms with Crippen LogP contribution in [0.4, 0.5) is 0 Å². The summed E-state index contributed by atoms with van der Waals surface area (Å²) in [6, 6.07) is -0.816. The number of hydrogen-bond acceptors (Lipinski definition) is 3. The average Bonchev–Trinajstić information content (AvgIpc) is 1.65. The number of carbonyl (C=O) groups is 1. The molecular weight excluding hydrogens is 173 g/mol. The molecule has 0 aliphatic heterocycles. The van der Waals surface area contributed by atoms with Gasteiger partial charge in [-0.15, -0.1) is 12.4 Å². The molecule has 0 saturated heterocycles. The van der Waals surface area contributed by atoms with E-state index < -0.39 is 12.0 Å². The molecule has 6 heteroatoms. The quantitative estimate of drug-likeness (QED) is 0.382. The van der Waals surface area contributed by atoms with Crippen molar-refractivity contribution in [2.75, 3.05) is 5.75 Å². The van der Waals surface area contributed by atoms with Crippen molar-refractivity contribution in [2.24, 2.45) is 5.73 Å². The van der Waals surface area contributed by atoms with Crippen LogP contribution in [0, 0.1) is 0 Å². The van der Waals surface area contributed by atoms with E-state index in [2.05, 4.69) is 12.6 Å². The van der Waals surface area contributed by atoms with Crippen LogP contribution in [0.3, 0.4) is 0 Å². The van der Waals surface area contributed by atoms with Crippen LogP contribution in [0.5, 0.6) is 0 Å². The zero-order valence-electron chi connectivity index (χ0n) is 4.07. The van der Waals surface area contributed by atoms with Crippen LogP contribution in [0.15, 0.2) is 0 Å². The normalized spacial score (nSPS) is 10.4. The van der Waals surface area contributed by atoms with Crippen molar-refractivity contribution in [1.29, 1.82) is 0 Å². The van der Waals surface area contributed by atoms with E-state index in [1.54, 1.807) is 0 Å². The first-order valence-corrected chi connectivity index (χ1v) is 2.41. The predicted molar refractivity (Wildman–Crippen MR) is 43.9 cm³/mol. The number of carboxylic acids is 1. The third kappa shape index (κ3) is 9.07. The molecule has 0 aliphatic rings. The maximum atomic E-state index is 9.76. The van der Waals surface area contributed by atoms with Gasteiger partial charge in [-0.2, -0.15) is 12.6 Å². The second kappa shape index (κ2) is 9.07. The Morgan fingerprint density at radius 1 is 1.78 bits per heavy atom. The van der Waals surface area contributed by atoms with Crippen LogP contribution in [0.25, 0.3) is 0 Å². The van der Waals surface area contributed by atoms with Crippen LogP contribution in [0.1, 0.15) is 0 Å². The molecule has 9 heavy (non-hydrogen) atoms.